The number of benzene rings is 1. The summed E-state index contributed by atoms with van der Waals surface area (Å²) >= 11 is 0. The van der Waals surface area contributed by atoms with Gasteiger partial charge in [-0.25, -0.2) is 0 Å². The van der Waals surface area contributed by atoms with Gasteiger partial charge in [0.15, 0.2) is 0 Å². The van der Waals surface area contributed by atoms with Gasteiger partial charge in [0.1, 0.15) is 6.61 Å². The van der Waals surface area contributed by atoms with Crippen molar-refractivity contribution in [2.75, 3.05) is 44.6 Å². The molecule has 0 saturated heterocycles. The van der Waals surface area contributed by atoms with E-state index in [2.05, 4.69) is 19.2 Å². The van der Waals surface area contributed by atoms with Crippen LogP contribution in [0.1, 0.15) is 45.1 Å². The van der Waals surface area contributed by atoms with Crippen molar-refractivity contribution in [2.45, 2.75) is 46.1 Å². The molecule has 2 amide bonds. The molecule has 0 bridgehead atoms. The zero-order chi connectivity index (χ0) is 20.7. The molecule has 1 aliphatic rings. The van der Waals surface area contributed by atoms with Crippen LogP contribution in [0.2, 0.25) is 0 Å². The first-order valence-corrected chi connectivity index (χ1v) is 10.3. The van der Waals surface area contributed by atoms with E-state index in [-0.39, 0.29) is 24.3 Å². The van der Waals surface area contributed by atoms with Crippen LogP contribution < -0.4 is 10.2 Å². The van der Waals surface area contributed by atoms with E-state index < -0.39 is 0 Å². The normalized spacial score (nSPS) is 13.5. The molecule has 6 nitrogen and oxygen atoms in total. The van der Waals surface area contributed by atoms with Gasteiger partial charge in [-0.15, -0.1) is 0 Å². The van der Waals surface area contributed by atoms with Crippen molar-refractivity contribution >= 4 is 23.2 Å². The Hall–Kier alpha value is -2.08. The number of hydrogen-bond donors (Lipinski definition) is 1. The van der Waals surface area contributed by atoms with Crippen molar-refractivity contribution in [3.8, 4) is 0 Å². The van der Waals surface area contributed by atoms with E-state index >= 15 is 0 Å². The smallest absolute Gasteiger partial charge is 0.250 e. The van der Waals surface area contributed by atoms with Crippen molar-refractivity contribution in [1.82, 2.24) is 4.90 Å². The van der Waals surface area contributed by atoms with Crippen LogP contribution in [0, 0.1) is 11.8 Å². The number of nitrogens with zero attached hydrogens (tertiary/aromatic N) is 2. The SMILES string of the molecule is CCC(CC)C(=O)N(Cc1cc(NC(=O)COC)ccc1N(C)C)CC1CC1. The molecule has 0 radical (unpaired) electrons. The van der Waals surface area contributed by atoms with Crippen LogP contribution in [0.3, 0.4) is 0 Å². The van der Waals surface area contributed by atoms with Gasteiger partial charge in [-0.3, -0.25) is 9.59 Å². The molecule has 1 saturated carbocycles. The molecular weight excluding hydrogens is 354 g/mol. The number of carbonyl (C=O) groups excluding carboxylic acids is 2. The number of rotatable bonds is 11. The average molecular weight is 390 g/mol. The number of amides is 2. The highest BCUT2D eigenvalue weighted by atomic mass is 16.5. The maximum atomic E-state index is 13.1. The van der Waals surface area contributed by atoms with Gasteiger partial charge < -0.3 is 19.9 Å². The zero-order valence-electron chi connectivity index (χ0n) is 18.0. The van der Waals surface area contributed by atoms with Crippen molar-refractivity contribution in [1.29, 1.82) is 0 Å². The Kier molecular flexibility index (Phi) is 8.30. The van der Waals surface area contributed by atoms with Gasteiger partial charge in [-0.05, 0) is 55.4 Å². The second-order valence-electron chi connectivity index (χ2n) is 7.89. The molecule has 0 heterocycles. The average Bonchev–Trinajstić information content (AvgIpc) is 3.46. The number of nitrogens with one attached hydrogen (secondary N) is 1. The van der Waals surface area contributed by atoms with Crippen LogP contribution in [-0.4, -0.2) is 51.1 Å². The molecule has 1 aliphatic carbocycles. The van der Waals surface area contributed by atoms with Gasteiger partial charge >= 0.3 is 0 Å². The predicted octanol–water partition coefficient (Wildman–Crippen LogP) is 3.51. The van der Waals surface area contributed by atoms with Crippen molar-refractivity contribution < 1.29 is 14.3 Å². The Balaban J connectivity index is 2.26. The quantitative estimate of drug-likeness (QED) is 0.629. The third kappa shape index (κ3) is 6.23. The maximum absolute atomic E-state index is 13.1. The van der Waals surface area contributed by atoms with Gasteiger partial charge in [0.05, 0.1) is 0 Å². The lowest BCUT2D eigenvalue weighted by Gasteiger charge is -2.29. The molecule has 6 heteroatoms. The zero-order valence-corrected chi connectivity index (χ0v) is 18.0. The summed E-state index contributed by atoms with van der Waals surface area (Å²) < 4.78 is 4.89. The topological polar surface area (TPSA) is 61.9 Å². The Morgan fingerprint density at radius 3 is 2.43 bits per heavy atom. The monoisotopic (exact) mass is 389 g/mol. The molecule has 28 heavy (non-hydrogen) atoms. The van der Waals surface area contributed by atoms with Gasteiger partial charge in [0.2, 0.25) is 11.8 Å². The molecule has 0 aliphatic heterocycles. The highest BCUT2D eigenvalue weighted by Gasteiger charge is 2.29. The minimum Gasteiger partial charge on any atom is -0.377 e. The van der Waals surface area contributed by atoms with E-state index in [0.29, 0.717) is 12.5 Å². The standard InChI is InChI=1S/C22H35N3O3/c1-6-17(7-2)22(27)25(13-16-8-9-16)14-18-12-19(23-21(26)15-28-5)10-11-20(18)24(3)4/h10-12,16-17H,6-9,13-15H2,1-5H3,(H,23,26). The molecule has 1 fully saturated rings. The van der Waals surface area contributed by atoms with Gasteiger partial charge in [-0.1, -0.05) is 13.8 Å². The number of ether oxygens (including phenoxy) is 1. The van der Waals surface area contributed by atoms with Crippen LogP contribution in [0.5, 0.6) is 0 Å². The fraction of sp³-hybridized carbons (Fsp3) is 0.636. The number of anilines is 2. The summed E-state index contributed by atoms with van der Waals surface area (Å²) in [6, 6.07) is 5.86. The number of hydrogen-bond acceptors (Lipinski definition) is 4. The largest absolute Gasteiger partial charge is 0.377 e. The molecule has 0 atom stereocenters. The Morgan fingerprint density at radius 2 is 1.89 bits per heavy atom. The Labute approximate surface area is 169 Å². The van der Waals surface area contributed by atoms with Crippen LogP contribution in [0.25, 0.3) is 0 Å². The first kappa shape index (κ1) is 22.2. The highest BCUT2D eigenvalue weighted by Crippen LogP contribution is 2.32. The van der Waals surface area contributed by atoms with E-state index in [0.717, 1.165) is 36.3 Å². The molecule has 1 aromatic rings. The van der Waals surface area contributed by atoms with Crippen LogP contribution >= 0.6 is 0 Å². The summed E-state index contributed by atoms with van der Waals surface area (Å²) in [7, 11) is 5.49. The second kappa shape index (κ2) is 10.5. The summed E-state index contributed by atoms with van der Waals surface area (Å²) in [6.45, 7) is 5.57. The van der Waals surface area contributed by atoms with Gasteiger partial charge in [-0.2, -0.15) is 0 Å². The third-order valence-electron chi connectivity index (χ3n) is 5.30. The van der Waals surface area contributed by atoms with Crippen LogP contribution in [-0.2, 0) is 20.9 Å². The number of methoxy groups -OCH3 is 1. The van der Waals surface area contributed by atoms with E-state index in [9.17, 15) is 9.59 Å². The summed E-state index contributed by atoms with van der Waals surface area (Å²) in [5.41, 5.74) is 2.83. The second-order valence-corrected chi connectivity index (χ2v) is 7.89. The summed E-state index contributed by atoms with van der Waals surface area (Å²) in [6.07, 6.45) is 4.15. The van der Waals surface area contributed by atoms with E-state index in [1.54, 1.807) is 0 Å². The minimum absolute atomic E-state index is 0.0196. The fourth-order valence-electron chi connectivity index (χ4n) is 3.50. The van der Waals surface area contributed by atoms with Crippen molar-refractivity contribution in [2.24, 2.45) is 11.8 Å². The van der Waals surface area contributed by atoms with Crippen LogP contribution in [0.4, 0.5) is 11.4 Å². The molecule has 1 N–H and O–H groups in total. The first-order valence-electron chi connectivity index (χ1n) is 10.3. The van der Waals surface area contributed by atoms with Crippen LogP contribution in [0.15, 0.2) is 18.2 Å². The number of carbonyl (C=O) groups is 2. The first-order chi connectivity index (χ1) is 13.4. The maximum Gasteiger partial charge on any atom is 0.250 e. The highest BCUT2D eigenvalue weighted by molar-refractivity contribution is 5.92. The summed E-state index contributed by atoms with van der Waals surface area (Å²) in [5.74, 6) is 0.765. The van der Waals surface area contributed by atoms with E-state index in [1.807, 2.05) is 42.1 Å². The van der Waals surface area contributed by atoms with E-state index in [1.165, 1.54) is 20.0 Å². The molecule has 2 rings (SSSR count). The van der Waals surface area contributed by atoms with Crippen molar-refractivity contribution in [3.05, 3.63) is 23.8 Å². The molecule has 0 aromatic heterocycles. The third-order valence-corrected chi connectivity index (χ3v) is 5.30. The Bertz CT molecular complexity index is 667. The van der Waals surface area contributed by atoms with Gasteiger partial charge in [0.25, 0.3) is 0 Å². The predicted molar refractivity (Wildman–Crippen MR) is 113 cm³/mol. The lowest BCUT2D eigenvalue weighted by molar-refractivity contribution is -0.136. The molecule has 156 valence electrons. The fourth-order valence-corrected chi connectivity index (χ4v) is 3.50. The lowest BCUT2D eigenvalue weighted by Crippen LogP contribution is -2.37. The van der Waals surface area contributed by atoms with Crippen molar-refractivity contribution in [3.63, 3.8) is 0 Å². The summed E-state index contributed by atoms with van der Waals surface area (Å²) in [5, 5.41) is 2.86. The molecule has 0 unspecified atom stereocenters. The molecular formula is C22H35N3O3. The Morgan fingerprint density at radius 1 is 1.21 bits per heavy atom. The molecule has 0 spiro atoms. The molecule has 1 aromatic carbocycles. The summed E-state index contributed by atoms with van der Waals surface area (Å²) in [4.78, 5) is 29.1. The lowest BCUT2D eigenvalue weighted by atomic mass is 10.0. The van der Waals surface area contributed by atoms with E-state index in [4.69, 9.17) is 4.74 Å². The minimum atomic E-state index is -0.186. The van der Waals surface area contributed by atoms with Gasteiger partial charge in [0, 0.05) is 51.6 Å².